The van der Waals surface area contributed by atoms with Crippen LogP contribution in [0.3, 0.4) is 0 Å². The molecule has 2 aromatic heterocycles. The Morgan fingerprint density at radius 1 is 1.28 bits per heavy atom. The van der Waals surface area contributed by atoms with Crippen LogP contribution >= 0.6 is 11.3 Å². The number of pyridine rings is 1. The number of anilines is 1. The molecule has 0 unspecified atom stereocenters. The zero-order valence-electron chi connectivity index (χ0n) is 16.3. The van der Waals surface area contributed by atoms with Crippen molar-refractivity contribution < 1.29 is 18.3 Å². The predicted molar refractivity (Wildman–Crippen MR) is 109 cm³/mol. The summed E-state index contributed by atoms with van der Waals surface area (Å²) >= 11 is 1.70. The summed E-state index contributed by atoms with van der Waals surface area (Å²) in [5.74, 6) is 0. The summed E-state index contributed by atoms with van der Waals surface area (Å²) in [4.78, 5) is 26.0. The average molecular weight is 420 g/mol. The van der Waals surface area contributed by atoms with E-state index < -0.39 is 19.1 Å². The van der Waals surface area contributed by atoms with E-state index in [9.17, 15) is 13.6 Å². The van der Waals surface area contributed by atoms with Gasteiger partial charge in [-0.05, 0) is 31.6 Å². The minimum atomic E-state index is -2.65. The van der Waals surface area contributed by atoms with Crippen molar-refractivity contribution in [1.82, 2.24) is 14.9 Å². The summed E-state index contributed by atoms with van der Waals surface area (Å²) in [6.07, 6.45) is 1.41. The summed E-state index contributed by atoms with van der Waals surface area (Å²) in [7, 11) is 0. The van der Waals surface area contributed by atoms with Gasteiger partial charge >= 0.3 is 6.09 Å². The second-order valence-electron chi connectivity index (χ2n) is 7.14. The molecular weight excluding hydrogens is 398 g/mol. The highest BCUT2D eigenvalue weighted by Crippen LogP contribution is 2.38. The first-order valence-electron chi connectivity index (χ1n) is 9.50. The molecule has 1 aliphatic carbocycles. The number of fused-ring (bicyclic) bond motifs is 1. The molecular formula is C20H22F2N4O2S. The fourth-order valence-corrected chi connectivity index (χ4v) is 4.52. The fraction of sp³-hybridized carbons (Fsp3) is 0.450. The molecule has 0 saturated carbocycles. The number of ether oxygens (including phenoxy) is 1. The maximum atomic E-state index is 12.2. The third-order valence-corrected chi connectivity index (χ3v) is 6.39. The highest BCUT2D eigenvalue weighted by Gasteiger charge is 2.27. The quantitative estimate of drug-likeness (QED) is 0.754. The van der Waals surface area contributed by atoms with Crippen molar-refractivity contribution in [2.24, 2.45) is 0 Å². The number of amides is 1. The standard InChI is InChI=1S/C20H22F2N4O2S/c1-12-13(2)29-19(24-12)14-9-15-16(10-14)23-4-3-17(15)25-5-7-26(8-6-25)20(27)28-11-18(21)22/h3-4,9,18H,5-8,10-11H2,1-2H3. The van der Waals surface area contributed by atoms with E-state index in [1.54, 1.807) is 11.3 Å². The molecule has 2 aliphatic rings. The third-order valence-electron chi connectivity index (χ3n) is 5.24. The number of hydrogen-bond donors (Lipinski definition) is 0. The molecule has 3 heterocycles. The van der Waals surface area contributed by atoms with Crippen molar-refractivity contribution in [3.63, 3.8) is 0 Å². The number of carbonyl (C=O) groups excluding carboxylic acids is 1. The van der Waals surface area contributed by atoms with Gasteiger partial charge in [0.25, 0.3) is 6.43 Å². The van der Waals surface area contributed by atoms with E-state index >= 15 is 0 Å². The number of aromatic nitrogens is 2. The number of halogens is 2. The van der Waals surface area contributed by atoms with Crippen LogP contribution in [0.25, 0.3) is 11.6 Å². The first kappa shape index (κ1) is 19.8. The number of piperazine rings is 1. The molecule has 2 aromatic rings. The second kappa shape index (κ2) is 8.06. The lowest BCUT2D eigenvalue weighted by Crippen LogP contribution is -2.49. The van der Waals surface area contributed by atoms with Gasteiger partial charge in [0.2, 0.25) is 0 Å². The lowest BCUT2D eigenvalue weighted by Gasteiger charge is -2.36. The first-order chi connectivity index (χ1) is 13.9. The van der Waals surface area contributed by atoms with Crippen LogP contribution in [0, 0.1) is 13.8 Å². The van der Waals surface area contributed by atoms with Crippen molar-refractivity contribution in [1.29, 1.82) is 0 Å². The van der Waals surface area contributed by atoms with Crippen molar-refractivity contribution >= 4 is 34.8 Å². The number of alkyl halides is 2. The molecule has 6 nitrogen and oxygen atoms in total. The Bertz CT molecular complexity index is 932. The maximum absolute atomic E-state index is 12.2. The Labute approximate surface area is 171 Å². The lowest BCUT2D eigenvalue weighted by atomic mass is 10.1. The molecule has 0 spiro atoms. The number of carbonyl (C=O) groups is 1. The van der Waals surface area contributed by atoms with E-state index in [1.807, 2.05) is 19.2 Å². The van der Waals surface area contributed by atoms with Crippen LogP contribution in [0.5, 0.6) is 0 Å². The minimum Gasteiger partial charge on any atom is -0.443 e. The van der Waals surface area contributed by atoms with Crippen molar-refractivity contribution in [3.05, 3.63) is 39.1 Å². The third kappa shape index (κ3) is 4.10. The van der Waals surface area contributed by atoms with Gasteiger partial charge in [-0.25, -0.2) is 18.6 Å². The van der Waals surface area contributed by atoms with Gasteiger partial charge in [-0.15, -0.1) is 11.3 Å². The Balaban J connectivity index is 1.47. The number of hydrogen-bond acceptors (Lipinski definition) is 6. The molecule has 0 aromatic carbocycles. The molecule has 0 bridgehead atoms. The van der Waals surface area contributed by atoms with E-state index in [4.69, 9.17) is 0 Å². The van der Waals surface area contributed by atoms with Crippen molar-refractivity contribution in [3.8, 4) is 0 Å². The maximum Gasteiger partial charge on any atom is 0.410 e. The number of aryl methyl sites for hydroxylation is 2. The molecule has 0 N–H and O–H groups in total. The van der Waals surface area contributed by atoms with Gasteiger partial charge in [-0.2, -0.15) is 0 Å². The zero-order valence-corrected chi connectivity index (χ0v) is 17.1. The lowest BCUT2D eigenvalue weighted by molar-refractivity contribution is 0.0311. The number of allylic oxidation sites excluding steroid dienone is 1. The number of rotatable bonds is 4. The molecule has 0 radical (unpaired) electrons. The van der Waals surface area contributed by atoms with Gasteiger partial charge in [0.05, 0.1) is 11.4 Å². The SMILES string of the molecule is Cc1nc(C2=Cc3c(N4CCN(C(=O)OCC(F)F)CC4)ccnc3C2)sc1C. The molecule has 4 rings (SSSR count). The Kier molecular flexibility index (Phi) is 5.49. The van der Waals surface area contributed by atoms with E-state index in [0.717, 1.165) is 34.1 Å². The van der Waals surface area contributed by atoms with E-state index in [0.29, 0.717) is 26.2 Å². The van der Waals surface area contributed by atoms with Crippen LogP contribution in [0.4, 0.5) is 19.3 Å². The molecule has 29 heavy (non-hydrogen) atoms. The summed E-state index contributed by atoms with van der Waals surface area (Å²) in [5, 5.41) is 1.04. The highest BCUT2D eigenvalue weighted by molar-refractivity contribution is 7.12. The molecule has 154 valence electrons. The van der Waals surface area contributed by atoms with Crippen LogP contribution in [-0.4, -0.2) is 60.2 Å². The van der Waals surface area contributed by atoms with Gasteiger partial charge in [0.15, 0.2) is 6.61 Å². The van der Waals surface area contributed by atoms with Gasteiger partial charge in [-0.3, -0.25) is 4.98 Å². The molecule has 1 fully saturated rings. The monoisotopic (exact) mass is 420 g/mol. The largest absolute Gasteiger partial charge is 0.443 e. The highest BCUT2D eigenvalue weighted by atomic mass is 32.1. The first-order valence-corrected chi connectivity index (χ1v) is 10.3. The topological polar surface area (TPSA) is 58.6 Å². The Morgan fingerprint density at radius 2 is 2.03 bits per heavy atom. The fourth-order valence-electron chi connectivity index (χ4n) is 3.59. The molecule has 0 atom stereocenters. The summed E-state index contributed by atoms with van der Waals surface area (Å²) in [6, 6.07) is 1.99. The Hall–Kier alpha value is -2.55. The van der Waals surface area contributed by atoms with Crippen LogP contribution in [0.15, 0.2) is 12.3 Å². The smallest absolute Gasteiger partial charge is 0.410 e. The average Bonchev–Trinajstić information content (AvgIpc) is 3.29. The van der Waals surface area contributed by atoms with Gasteiger partial charge in [-0.1, -0.05) is 0 Å². The van der Waals surface area contributed by atoms with E-state index in [2.05, 4.69) is 32.6 Å². The van der Waals surface area contributed by atoms with Gasteiger partial charge < -0.3 is 14.5 Å². The minimum absolute atomic E-state index is 0.431. The summed E-state index contributed by atoms with van der Waals surface area (Å²) in [6.45, 7) is 5.32. The van der Waals surface area contributed by atoms with Crippen LogP contribution in [0.2, 0.25) is 0 Å². The number of nitrogens with zero attached hydrogens (tertiary/aromatic N) is 4. The van der Waals surface area contributed by atoms with Crippen molar-refractivity contribution in [2.75, 3.05) is 37.7 Å². The van der Waals surface area contributed by atoms with Gasteiger partial charge in [0.1, 0.15) is 5.01 Å². The molecule has 1 saturated heterocycles. The number of thiazole rings is 1. The van der Waals surface area contributed by atoms with Crippen LogP contribution < -0.4 is 4.90 Å². The summed E-state index contributed by atoms with van der Waals surface area (Å²) < 4.78 is 29.1. The molecule has 1 amide bonds. The van der Waals surface area contributed by atoms with Crippen molar-refractivity contribution in [2.45, 2.75) is 26.7 Å². The van der Waals surface area contributed by atoms with Crippen LogP contribution in [-0.2, 0) is 11.2 Å². The molecule has 9 heteroatoms. The van der Waals surface area contributed by atoms with Crippen LogP contribution in [0.1, 0.15) is 26.8 Å². The zero-order chi connectivity index (χ0) is 20.5. The van der Waals surface area contributed by atoms with E-state index in [-0.39, 0.29) is 0 Å². The second-order valence-corrected chi connectivity index (χ2v) is 8.34. The van der Waals surface area contributed by atoms with E-state index in [1.165, 1.54) is 15.4 Å². The normalized spacial score (nSPS) is 16.2. The molecule has 1 aliphatic heterocycles. The van der Waals surface area contributed by atoms with Gasteiger partial charge in [0, 0.05) is 54.9 Å². The summed E-state index contributed by atoms with van der Waals surface area (Å²) in [5.41, 5.74) is 5.44. The Morgan fingerprint density at radius 3 is 2.69 bits per heavy atom. The predicted octanol–water partition coefficient (Wildman–Crippen LogP) is 3.78.